The third kappa shape index (κ3) is 5.12. The summed E-state index contributed by atoms with van der Waals surface area (Å²) in [5.41, 5.74) is 1.06. The average Bonchev–Trinajstić information content (AvgIpc) is 3.54. The Labute approximate surface area is 190 Å². The van der Waals surface area contributed by atoms with E-state index in [0.717, 1.165) is 41.7 Å². The van der Waals surface area contributed by atoms with Crippen molar-refractivity contribution in [1.29, 1.82) is 0 Å². The Morgan fingerprint density at radius 3 is 2.61 bits per heavy atom. The topological polar surface area (TPSA) is 78.9 Å². The van der Waals surface area contributed by atoms with Gasteiger partial charge in [-0.15, -0.1) is 10.2 Å². The zero-order valence-electron chi connectivity index (χ0n) is 17.8. The Hall–Kier alpha value is -2.33. The number of thioether (sulfide) groups is 1. The van der Waals surface area contributed by atoms with Crippen molar-refractivity contribution in [1.82, 2.24) is 15.1 Å². The van der Waals surface area contributed by atoms with Crippen LogP contribution in [0.1, 0.15) is 26.2 Å². The smallest absolute Gasteiger partial charge is 0.233 e. The Balaban J connectivity index is 1.28. The zero-order chi connectivity index (χ0) is 21.8. The van der Waals surface area contributed by atoms with Crippen LogP contribution < -0.4 is 14.5 Å². The van der Waals surface area contributed by atoms with Crippen molar-refractivity contribution in [2.45, 2.75) is 36.6 Å². The normalized spacial score (nSPS) is 16.3. The minimum Gasteiger partial charge on any atom is -0.495 e. The van der Waals surface area contributed by atoms with E-state index in [4.69, 9.17) is 4.74 Å². The minimum atomic E-state index is 0.0826. The highest BCUT2D eigenvalue weighted by molar-refractivity contribution is 8.01. The van der Waals surface area contributed by atoms with Crippen LogP contribution in [0.15, 0.2) is 28.6 Å². The molecular formula is C21H27N5O3S2. The van der Waals surface area contributed by atoms with Crippen LogP contribution in [0.25, 0.3) is 0 Å². The molecule has 2 aromatic rings. The summed E-state index contributed by atoms with van der Waals surface area (Å²) in [7, 11) is 1.68. The number of piperazine rings is 1. The SMILES string of the molecule is CCC(=O)N(c1nnc(SCC(=O)N2CCN(c3ccccc3OC)CC2)s1)C1CC1. The van der Waals surface area contributed by atoms with Crippen LogP contribution in [0.4, 0.5) is 10.8 Å². The Kier molecular flexibility index (Phi) is 6.96. The maximum absolute atomic E-state index is 12.7. The number of aromatic nitrogens is 2. The van der Waals surface area contributed by atoms with Crippen LogP contribution in [-0.2, 0) is 9.59 Å². The van der Waals surface area contributed by atoms with E-state index in [2.05, 4.69) is 15.1 Å². The zero-order valence-corrected chi connectivity index (χ0v) is 19.5. The maximum Gasteiger partial charge on any atom is 0.233 e. The van der Waals surface area contributed by atoms with Crippen LogP contribution in [0, 0.1) is 0 Å². The highest BCUT2D eigenvalue weighted by atomic mass is 32.2. The number of carbonyl (C=O) groups excluding carboxylic acids is 2. The third-order valence-corrected chi connectivity index (χ3v) is 7.50. The van der Waals surface area contributed by atoms with E-state index in [9.17, 15) is 9.59 Å². The van der Waals surface area contributed by atoms with E-state index >= 15 is 0 Å². The number of hydrogen-bond donors (Lipinski definition) is 0. The number of benzene rings is 1. The summed E-state index contributed by atoms with van der Waals surface area (Å²) in [5.74, 6) is 1.37. The lowest BCUT2D eigenvalue weighted by atomic mass is 10.2. The van der Waals surface area contributed by atoms with Gasteiger partial charge in [0, 0.05) is 38.6 Å². The molecule has 0 unspecified atom stereocenters. The van der Waals surface area contributed by atoms with E-state index in [1.807, 2.05) is 36.1 Å². The molecule has 1 aromatic heterocycles. The summed E-state index contributed by atoms with van der Waals surface area (Å²) in [6, 6.07) is 8.23. The summed E-state index contributed by atoms with van der Waals surface area (Å²) >= 11 is 2.79. The molecule has 10 heteroatoms. The molecule has 1 saturated heterocycles. The number of para-hydroxylation sites is 2. The minimum absolute atomic E-state index is 0.0826. The van der Waals surface area contributed by atoms with Gasteiger partial charge in [0.2, 0.25) is 16.9 Å². The lowest BCUT2D eigenvalue weighted by Gasteiger charge is -2.36. The summed E-state index contributed by atoms with van der Waals surface area (Å²) in [5, 5.41) is 9.05. The van der Waals surface area contributed by atoms with Gasteiger partial charge in [0.15, 0.2) is 4.34 Å². The third-order valence-electron chi connectivity index (χ3n) is 5.46. The number of anilines is 2. The molecule has 166 valence electrons. The highest BCUT2D eigenvalue weighted by Crippen LogP contribution is 2.36. The second-order valence-corrected chi connectivity index (χ2v) is 9.71. The molecule has 0 N–H and O–H groups in total. The lowest BCUT2D eigenvalue weighted by Crippen LogP contribution is -2.49. The summed E-state index contributed by atoms with van der Waals surface area (Å²) in [4.78, 5) is 30.9. The van der Waals surface area contributed by atoms with Crippen molar-refractivity contribution in [2.75, 3.05) is 48.8 Å². The maximum atomic E-state index is 12.7. The molecule has 1 aromatic carbocycles. The molecule has 0 spiro atoms. The Morgan fingerprint density at radius 2 is 1.94 bits per heavy atom. The van der Waals surface area contributed by atoms with E-state index < -0.39 is 0 Å². The molecule has 2 heterocycles. The number of amides is 2. The van der Waals surface area contributed by atoms with Crippen molar-refractivity contribution < 1.29 is 14.3 Å². The Bertz CT molecular complexity index is 925. The molecule has 2 fully saturated rings. The summed E-state index contributed by atoms with van der Waals surface area (Å²) in [6.07, 6.45) is 2.50. The number of ether oxygens (including phenoxy) is 1. The molecule has 2 aliphatic rings. The van der Waals surface area contributed by atoms with Crippen molar-refractivity contribution in [2.24, 2.45) is 0 Å². The number of hydrogen-bond acceptors (Lipinski definition) is 8. The highest BCUT2D eigenvalue weighted by Gasteiger charge is 2.35. The second kappa shape index (κ2) is 9.86. The number of rotatable bonds is 8. The average molecular weight is 462 g/mol. The van der Waals surface area contributed by atoms with Crippen LogP contribution in [0.5, 0.6) is 5.75 Å². The molecule has 2 amide bonds. The largest absolute Gasteiger partial charge is 0.495 e. The van der Waals surface area contributed by atoms with Gasteiger partial charge in [-0.05, 0) is 25.0 Å². The molecule has 1 saturated carbocycles. The molecule has 4 rings (SSSR count). The van der Waals surface area contributed by atoms with E-state index in [0.29, 0.717) is 30.4 Å². The van der Waals surface area contributed by atoms with Gasteiger partial charge in [0.05, 0.1) is 18.6 Å². The van der Waals surface area contributed by atoms with Gasteiger partial charge < -0.3 is 14.5 Å². The van der Waals surface area contributed by atoms with Crippen LogP contribution in [-0.4, -0.2) is 72.0 Å². The van der Waals surface area contributed by atoms with E-state index in [1.54, 1.807) is 12.0 Å². The lowest BCUT2D eigenvalue weighted by molar-refractivity contribution is -0.128. The molecule has 0 atom stereocenters. The van der Waals surface area contributed by atoms with Gasteiger partial charge >= 0.3 is 0 Å². The molecule has 0 radical (unpaired) electrons. The van der Waals surface area contributed by atoms with Crippen LogP contribution >= 0.6 is 23.1 Å². The molecule has 1 aliphatic carbocycles. The molecule has 0 bridgehead atoms. The number of nitrogens with zero attached hydrogens (tertiary/aromatic N) is 5. The van der Waals surface area contributed by atoms with E-state index in [-0.39, 0.29) is 17.9 Å². The van der Waals surface area contributed by atoms with Crippen molar-refractivity contribution >= 4 is 45.7 Å². The number of carbonyl (C=O) groups is 2. The van der Waals surface area contributed by atoms with Gasteiger partial charge in [-0.25, -0.2) is 0 Å². The quantitative estimate of drug-likeness (QED) is 0.442. The first-order valence-corrected chi connectivity index (χ1v) is 12.3. The van der Waals surface area contributed by atoms with Crippen LogP contribution in [0.2, 0.25) is 0 Å². The fourth-order valence-corrected chi connectivity index (χ4v) is 5.46. The van der Waals surface area contributed by atoms with Crippen molar-refractivity contribution in [3.05, 3.63) is 24.3 Å². The second-order valence-electron chi connectivity index (χ2n) is 7.53. The van der Waals surface area contributed by atoms with Crippen LogP contribution in [0.3, 0.4) is 0 Å². The predicted molar refractivity (Wildman–Crippen MR) is 123 cm³/mol. The molecule has 31 heavy (non-hydrogen) atoms. The molecule has 1 aliphatic heterocycles. The molecular weight excluding hydrogens is 434 g/mol. The standard InChI is InChI=1S/C21H27N5O3S2/c1-3-18(27)26(15-8-9-15)20-22-23-21(31-20)30-14-19(28)25-12-10-24(11-13-25)16-6-4-5-7-17(16)29-2/h4-7,15H,3,8-14H2,1-2H3. The summed E-state index contributed by atoms with van der Waals surface area (Å²) in [6.45, 7) is 4.77. The fourth-order valence-electron chi connectivity index (χ4n) is 3.63. The van der Waals surface area contributed by atoms with Gasteiger partial charge in [0.25, 0.3) is 0 Å². The van der Waals surface area contributed by atoms with Gasteiger partial charge in [0.1, 0.15) is 5.75 Å². The first-order chi connectivity index (χ1) is 15.1. The summed E-state index contributed by atoms with van der Waals surface area (Å²) < 4.78 is 6.19. The Morgan fingerprint density at radius 1 is 1.19 bits per heavy atom. The molecule has 8 nitrogen and oxygen atoms in total. The van der Waals surface area contributed by atoms with Crippen molar-refractivity contribution in [3.63, 3.8) is 0 Å². The predicted octanol–water partition coefficient (Wildman–Crippen LogP) is 2.89. The van der Waals surface area contributed by atoms with Gasteiger partial charge in [-0.2, -0.15) is 0 Å². The van der Waals surface area contributed by atoms with Gasteiger partial charge in [-0.3, -0.25) is 14.5 Å². The van der Waals surface area contributed by atoms with E-state index in [1.165, 1.54) is 23.1 Å². The monoisotopic (exact) mass is 461 g/mol. The first-order valence-electron chi connectivity index (χ1n) is 10.5. The number of methoxy groups -OCH3 is 1. The fraction of sp³-hybridized carbons (Fsp3) is 0.524. The van der Waals surface area contributed by atoms with Gasteiger partial charge in [-0.1, -0.05) is 42.2 Å². The first kappa shape index (κ1) is 21.9. The van der Waals surface area contributed by atoms with Crippen molar-refractivity contribution in [3.8, 4) is 5.75 Å².